The minimum absolute atomic E-state index is 0.0678. The van der Waals surface area contributed by atoms with Crippen molar-refractivity contribution >= 4 is 5.91 Å². The Balaban J connectivity index is 1.43. The maximum absolute atomic E-state index is 13.2. The molecular weight excluding hydrogens is 340 g/mol. The highest BCUT2D eigenvalue weighted by Crippen LogP contribution is 2.29. The third-order valence-electron chi connectivity index (χ3n) is 5.89. The number of furan rings is 1. The van der Waals surface area contributed by atoms with Gasteiger partial charge in [-0.1, -0.05) is 30.3 Å². The Bertz CT molecular complexity index is 770. The van der Waals surface area contributed by atoms with Crippen molar-refractivity contribution < 1.29 is 14.3 Å². The van der Waals surface area contributed by atoms with Gasteiger partial charge in [-0.15, -0.1) is 0 Å². The number of nitrogens with zero attached hydrogens (tertiary/aromatic N) is 2. The smallest absolute Gasteiger partial charge is 0.257 e. The fraction of sp³-hybridized carbons (Fsp3) is 0.500. The largest absolute Gasteiger partial charge is 0.461 e. The molecule has 0 bridgehead atoms. The van der Waals surface area contributed by atoms with Crippen molar-refractivity contribution in [2.24, 2.45) is 0 Å². The van der Waals surface area contributed by atoms with Crippen LogP contribution in [0.15, 0.2) is 40.8 Å². The molecule has 0 saturated carbocycles. The van der Waals surface area contributed by atoms with Crippen LogP contribution in [0.3, 0.4) is 0 Å². The van der Waals surface area contributed by atoms with Crippen LogP contribution in [-0.4, -0.2) is 59.1 Å². The first-order valence-corrected chi connectivity index (χ1v) is 9.99. The lowest BCUT2D eigenvalue weighted by Crippen LogP contribution is -2.49. The first-order chi connectivity index (χ1) is 13.1. The van der Waals surface area contributed by atoms with Crippen LogP contribution in [0.4, 0.5) is 0 Å². The van der Waals surface area contributed by atoms with E-state index in [0.717, 1.165) is 63.2 Å². The molecule has 5 nitrogen and oxygen atoms in total. The van der Waals surface area contributed by atoms with Crippen LogP contribution in [0, 0.1) is 6.92 Å². The van der Waals surface area contributed by atoms with Crippen molar-refractivity contribution in [3.8, 4) is 11.3 Å². The Morgan fingerprint density at radius 3 is 2.37 bits per heavy atom. The summed E-state index contributed by atoms with van der Waals surface area (Å²) in [5.41, 5.74) is 1.61. The van der Waals surface area contributed by atoms with Crippen molar-refractivity contribution in [3.63, 3.8) is 0 Å². The quantitative estimate of drug-likeness (QED) is 0.903. The summed E-state index contributed by atoms with van der Waals surface area (Å²) in [5.74, 6) is 1.50. The molecule has 2 aliphatic heterocycles. The summed E-state index contributed by atoms with van der Waals surface area (Å²) >= 11 is 0. The van der Waals surface area contributed by atoms with E-state index in [2.05, 4.69) is 4.90 Å². The van der Waals surface area contributed by atoms with Crippen LogP contribution in [0.25, 0.3) is 11.3 Å². The summed E-state index contributed by atoms with van der Waals surface area (Å²) < 4.78 is 5.86. The molecule has 3 heterocycles. The molecule has 0 atom stereocenters. The SMILES string of the molecule is Cc1cc(C(=O)N2CCC(N3CCC(O)CC3)CC2)c(-c2ccccc2)o1. The van der Waals surface area contributed by atoms with Gasteiger partial charge in [-0.05, 0) is 38.7 Å². The number of aryl methyl sites for hydroxylation is 1. The number of hydrogen-bond acceptors (Lipinski definition) is 4. The third-order valence-corrected chi connectivity index (χ3v) is 5.89. The first-order valence-electron chi connectivity index (χ1n) is 9.99. The van der Waals surface area contributed by atoms with Gasteiger partial charge >= 0.3 is 0 Å². The van der Waals surface area contributed by atoms with Crippen LogP contribution in [-0.2, 0) is 0 Å². The molecule has 2 fully saturated rings. The molecule has 0 aliphatic carbocycles. The van der Waals surface area contributed by atoms with Gasteiger partial charge in [0, 0.05) is 37.8 Å². The summed E-state index contributed by atoms with van der Waals surface area (Å²) in [5, 5.41) is 9.70. The van der Waals surface area contributed by atoms with Gasteiger partial charge in [0.15, 0.2) is 0 Å². The van der Waals surface area contributed by atoms with Crippen molar-refractivity contribution in [3.05, 3.63) is 47.7 Å². The highest BCUT2D eigenvalue weighted by molar-refractivity contribution is 5.99. The van der Waals surface area contributed by atoms with E-state index in [1.165, 1.54) is 0 Å². The Morgan fingerprint density at radius 2 is 1.70 bits per heavy atom. The molecule has 5 heteroatoms. The second-order valence-corrected chi connectivity index (χ2v) is 7.76. The summed E-state index contributed by atoms with van der Waals surface area (Å²) in [6.07, 6.45) is 3.60. The fourth-order valence-electron chi connectivity index (χ4n) is 4.33. The average Bonchev–Trinajstić information content (AvgIpc) is 3.10. The van der Waals surface area contributed by atoms with Crippen LogP contribution in [0.5, 0.6) is 0 Å². The van der Waals surface area contributed by atoms with Crippen molar-refractivity contribution in [1.82, 2.24) is 9.80 Å². The lowest BCUT2D eigenvalue weighted by molar-refractivity contribution is 0.0357. The minimum Gasteiger partial charge on any atom is -0.461 e. The molecule has 144 valence electrons. The van der Waals surface area contributed by atoms with Crippen LogP contribution in [0.1, 0.15) is 41.8 Å². The number of aliphatic hydroxyl groups is 1. The van der Waals surface area contributed by atoms with E-state index >= 15 is 0 Å². The molecule has 1 aromatic heterocycles. The lowest BCUT2D eigenvalue weighted by Gasteiger charge is -2.41. The van der Waals surface area contributed by atoms with Gasteiger partial charge in [-0.25, -0.2) is 0 Å². The lowest BCUT2D eigenvalue weighted by atomic mass is 9.98. The van der Waals surface area contributed by atoms with Crippen LogP contribution in [0.2, 0.25) is 0 Å². The summed E-state index contributed by atoms with van der Waals surface area (Å²) in [6, 6.07) is 12.2. The second-order valence-electron chi connectivity index (χ2n) is 7.76. The molecule has 0 radical (unpaired) electrons. The van der Waals surface area contributed by atoms with Gasteiger partial charge in [-0.3, -0.25) is 4.79 Å². The van der Waals surface area contributed by atoms with Gasteiger partial charge in [0.2, 0.25) is 0 Å². The van der Waals surface area contributed by atoms with E-state index in [4.69, 9.17) is 4.42 Å². The molecule has 27 heavy (non-hydrogen) atoms. The van der Waals surface area contributed by atoms with Crippen molar-refractivity contribution in [2.45, 2.75) is 44.8 Å². The fourth-order valence-corrected chi connectivity index (χ4v) is 4.33. The Labute approximate surface area is 160 Å². The number of piperidine rings is 2. The predicted molar refractivity (Wildman–Crippen MR) is 105 cm³/mol. The number of carbonyl (C=O) groups excluding carboxylic acids is 1. The molecule has 0 unspecified atom stereocenters. The molecule has 1 amide bonds. The number of likely N-dealkylation sites (tertiary alicyclic amines) is 2. The molecule has 2 aliphatic rings. The Morgan fingerprint density at radius 1 is 1.04 bits per heavy atom. The van der Waals surface area contributed by atoms with Crippen LogP contribution >= 0.6 is 0 Å². The number of rotatable bonds is 3. The number of amides is 1. The van der Waals surface area contributed by atoms with Gasteiger partial charge in [0.05, 0.1) is 11.7 Å². The molecular formula is C22H28N2O3. The van der Waals surface area contributed by atoms with Crippen LogP contribution < -0.4 is 0 Å². The van der Waals surface area contributed by atoms with E-state index < -0.39 is 0 Å². The zero-order chi connectivity index (χ0) is 18.8. The monoisotopic (exact) mass is 368 g/mol. The molecule has 1 aromatic carbocycles. The number of aliphatic hydroxyl groups excluding tert-OH is 1. The maximum Gasteiger partial charge on any atom is 0.257 e. The van der Waals surface area contributed by atoms with E-state index in [1.807, 2.05) is 48.2 Å². The third kappa shape index (κ3) is 3.94. The van der Waals surface area contributed by atoms with Gasteiger partial charge in [-0.2, -0.15) is 0 Å². The minimum atomic E-state index is -0.136. The molecule has 2 saturated heterocycles. The summed E-state index contributed by atoms with van der Waals surface area (Å²) in [4.78, 5) is 17.6. The average molecular weight is 368 g/mol. The highest BCUT2D eigenvalue weighted by atomic mass is 16.3. The predicted octanol–water partition coefficient (Wildman–Crippen LogP) is 3.32. The van der Waals surface area contributed by atoms with E-state index in [0.29, 0.717) is 17.4 Å². The molecule has 0 spiro atoms. The molecule has 2 aromatic rings. The normalized spacial score (nSPS) is 20.1. The van der Waals surface area contributed by atoms with Gasteiger partial charge < -0.3 is 19.3 Å². The molecule has 4 rings (SSSR count). The van der Waals surface area contributed by atoms with Gasteiger partial charge in [0.1, 0.15) is 11.5 Å². The summed E-state index contributed by atoms with van der Waals surface area (Å²) in [7, 11) is 0. The maximum atomic E-state index is 13.2. The Kier molecular flexibility index (Phi) is 5.32. The van der Waals surface area contributed by atoms with Crippen molar-refractivity contribution in [2.75, 3.05) is 26.2 Å². The zero-order valence-corrected chi connectivity index (χ0v) is 15.9. The first kappa shape index (κ1) is 18.3. The summed E-state index contributed by atoms with van der Waals surface area (Å²) in [6.45, 7) is 5.39. The van der Waals surface area contributed by atoms with E-state index in [9.17, 15) is 9.90 Å². The topological polar surface area (TPSA) is 56.9 Å². The number of hydrogen-bond donors (Lipinski definition) is 1. The van der Waals surface area contributed by atoms with E-state index in [1.54, 1.807) is 0 Å². The Hall–Kier alpha value is -2.11. The van der Waals surface area contributed by atoms with E-state index in [-0.39, 0.29) is 12.0 Å². The highest BCUT2D eigenvalue weighted by Gasteiger charge is 2.31. The zero-order valence-electron chi connectivity index (χ0n) is 15.9. The van der Waals surface area contributed by atoms with Crippen molar-refractivity contribution in [1.29, 1.82) is 0 Å². The number of benzene rings is 1. The van der Waals surface area contributed by atoms with Gasteiger partial charge in [0.25, 0.3) is 5.91 Å². The number of carbonyl (C=O) groups is 1. The molecule has 1 N–H and O–H groups in total. The standard InChI is InChI=1S/C22H28N2O3/c1-16-15-20(21(27-16)17-5-3-2-4-6-17)22(26)24-11-7-18(8-12-24)23-13-9-19(25)10-14-23/h2-6,15,18-19,25H,7-14H2,1H3. The second kappa shape index (κ2) is 7.87.